The molecule has 2 aromatic carbocycles. The molecule has 0 aliphatic heterocycles. The maximum atomic E-state index is 13.6. The number of aromatic nitrogens is 5. The lowest BCUT2D eigenvalue weighted by Crippen LogP contribution is -2.22. The fourth-order valence-electron chi connectivity index (χ4n) is 4.53. The lowest BCUT2D eigenvalue weighted by Gasteiger charge is -2.14. The summed E-state index contributed by atoms with van der Waals surface area (Å²) in [6, 6.07) is 21.6. The molecular formula is C27H20N6OS. The Labute approximate surface area is 204 Å². The summed E-state index contributed by atoms with van der Waals surface area (Å²) < 4.78 is 5.55. The second-order valence-corrected chi connectivity index (χ2v) is 9.36. The highest BCUT2D eigenvalue weighted by atomic mass is 32.2. The predicted molar refractivity (Wildman–Crippen MR) is 137 cm³/mol. The molecule has 0 radical (unpaired) electrons. The van der Waals surface area contributed by atoms with Crippen LogP contribution in [-0.4, -0.2) is 23.6 Å². The highest BCUT2D eigenvalue weighted by Gasteiger charge is 2.20. The third-order valence-electron chi connectivity index (χ3n) is 6.44. The lowest BCUT2D eigenvalue weighted by molar-refractivity contribution is 0.927. The zero-order valence-electron chi connectivity index (χ0n) is 19.1. The third kappa shape index (κ3) is 3.24. The van der Waals surface area contributed by atoms with Gasteiger partial charge in [-0.15, -0.1) is 10.2 Å². The number of hydrogen-bond donors (Lipinski definition) is 0. The van der Waals surface area contributed by atoms with Crippen LogP contribution >= 0.6 is 11.8 Å². The monoisotopic (exact) mass is 476 g/mol. The number of nitriles is 1. The van der Waals surface area contributed by atoms with Crippen LogP contribution in [0.15, 0.2) is 83.0 Å². The lowest BCUT2D eigenvalue weighted by atomic mass is 10.1. The van der Waals surface area contributed by atoms with Crippen LogP contribution in [0, 0.1) is 25.2 Å². The van der Waals surface area contributed by atoms with Crippen molar-refractivity contribution in [2.75, 3.05) is 0 Å². The van der Waals surface area contributed by atoms with Gasteiger partial charge in [-0.2, -0.15) is 5.26 Å². The molecule has 0 saturated heterocycles. The first-order valence-electron chi connectivity index (χ1n) is 11.2. The number of benzene rings is 2. The van der Waals surface area contributed by atoms with Crippen molar-refractivity contribution in [3.8, 4) is 11.8 Å². The second-order valence-electron chi connectivity index (χ2n) is 8.42. The summed E-state index contributed by atoms with van der Waals surface area (Å²) in [7, 11) is 0. The normalized spacial score (nSPS) is 11.5. The number of pyridine rings is 1. The molecule has 6 rings (SSSR count). The van der Waals surface area contributed by atoms with Gasteiger partial charge in [0.15, 0.2) is 5.16 Å². The Morgan fingerprint density at radius 3 is 2.63 bits per heavy atom. The van der Waals surface area contributed by atoms with E-state index in [4.69, 9.17) is 0 Å². The average Bonchev–Trinajstić information content (AvgIpc) is 3.46. The Kier molecular flexibility index (Phi) is 4.94. The molecule has 0 N–H and O–H groups in total. The van der Waals surface area contributed by atoms with Gasteiger partial charge in [-0.25, -0.2) is 4.57 Å². The van der Waals surface area contributed by atoms with Crippen molar-refractivity contribution in [3.05, 3.63) is 106 Å². The minimum atomic E-state index is -0.129. The van der Waals surface area contributed by atoms with E-state index < -0.39 is 0 Å². The minimum absolute atomic E-state index is 0.129. The molecule has 0 saturated carbocycles. The quantitative estimate of drug-likeness (QED) is 0.332. The average molecular weight is 477 g/mol. The number of thioether (sulfide) groups is 1. The molecule has 8 heteroatoms. The summed E-state index contributed by atoms with van der Waals surface area (Å²) in [6.07, 6.45) is 3.92. The molecule has 170 valence electrons. The molecule has 7 nitrogen and oxygen atoms in total. The Balaban J connectivity index is 1.54. The molecule has 0 aliphatic rings. The molecule has 4 aromatic heterocycles. The van der Waals surface area contributed by atoms with Gasteiger partial charge in [0.05, 0.1) is 27.7 Å². The zero-order chi connectivity index (χ0) is 24.1. The first-order chi connectivity index (χ1) is 17.1. The van der Waals surface area contributed by atoms with Gasteiger partial charge in [0.25, 0.3) is 5.56 Å². The van der Waals surface area contributed by atoms with E-state index in [1.165, 1.54) is 11.8 Å². The van der Waals surface area contributed by atoms with Crippen LogP contribution in [0.2, 0.25) is 0 Å². The van der Waals surface area contributed by atoms with Gasteiger partial charge >= 0.3 is 0 Å². The first-order valence-corrected chi connectivity index (χ1v) is 12.1. The maximum Gasteiger partial charge on any atom is 0.267 e. The van der Waals surface area contributed by atoms with Gasteiger partial charge < -0.3 is 4.40 Å². The van der Waals surface area contributed by atoms with Crippen LogP contribution in [-0.2, 0) is 5.75 Å². The third-order valence-corrected chi connectivity index (χ3v) is 7.42. The van der Waals surface area contributed by atoms with E-state index in [1.54, 1.807) is 4.57 Å². The van der Waals surface area contributed by atoms with Crippen molar-refractivity contribution in [2.24, 2.45) is 0 Å². The van der Waals surface area contributed by atoms with E-state index in [1.807, 2.05) is 95.7 Å². The van der Waals surface area contributed by atoms with E-state index >= 15 is 0 Å². The van der Waals surface area contributed by atoms with E-state index in [2.05, 4.69) is 16.3 Å². The van der Waals surface area contributed by atoms with E-state index in [9.17, 15) is 10.1 Å². The van der Waals surface area contributed by atoms with Crippen LogP contribution in [0.3, 0.4) is 0 Å². The fourth-order valence-corrected chi connectivity index (χ4v) is 5.44. The van der Waals surface area contributed by atoms with Gasteiger partial charge in [0, 0.05) is 18.1 Å². The minimum Gasteiger partial charge on any atom is -0.322 e. The molecule has 35 heavy (non-hydrogen) atoms. The zero-order valence-corrected chi connectivity index (χ0v) is 20.0. The molecule has 0 unspecified atom stereocenters. The van der Waals surface area contributed by atoms with Crippen molar-refractivity contribution in [3.63, 3.8) is 0 Å². The molecule has 0 atom stereocenters. The number of fused-ring (bicyclic) bond motifs is 4. The Morgan fingerprint density at radius 1 is 0.971 bits per heavy atom. The van der Waals surface area contributed by atoms with Crippen LogP contribution in [0.4, 0.5) is 0 Å². The molecule has 4 heterocycles. The van der Waals surface area contributed by atoms with Crippen LogP contribution < -0.4 is 5.56 Å². The van der Waals surface area contributed by atoms with Gasteiger partial charge in [0.1, 0.15) is 6.07 Å². The van der Waals surface area contributed by atoms with Crippen LogP contribution in [0.1, 0.15) is 22.3 Å². The van der Waals surface area contributed by atoms with Crippen LogP contribution in [0.5, 0.6) is 0 Å². The van der Waals surface area contributed by atoms with Crippen molar-refractivity contribution >= 4 is 34.0 Å². The summed E-state index contributed by atoms with van der Waals surface area (Å²) in [4.78, 5) is 13.6. The maximum absolute atomic E-state index is 13.6. The van der Waals surface area contributed by atoms with Gasteiger partial charge in [-0.1, -0.05) is 42.1 Å². The molecule has 0 bridgehead atoms. The van der Waals surface area contributed by atoms with E-state index in [-0.39, 0.29) is 5.56 Å². The molecule has 0 amide bonds. The van der Waals surface area contributed by atoms with Gasteiger partial charge in [-0.05, 0) is 60.9 Å². The largest absolute Gasteiger partial charge is 0.322 e. The van der Waals surface area contributed by atoms with Crippen molar-refractivity contribution in [1.29, 1.82) is 5.26 Å². The highest BCUT2D eigenvalue weighted by Crippen LogP contribution is 2.29. The second kappa shape index (κ2) is 8.15. The number of hydrogen-bond acceptors (Lipinski definition) is 5. The fraction of sp³-hybridized carbons (Fsp3) is 0.111. The topological polar surface area (TPSA) is 80.4 Å². The predicted octanol–water partition coefficient (Wildman–Crippen LogP) is 5.07. The molecule has 0 fully saturated rings. The van der Waals surface area contributed by atoms with Crippen molar-refractivity contribution < 1.29 is 0 Å². The van der Waals surface area contributed by atoms with E-state index in [0.717, 1.165) is 33.4 Å². The summed E-state index contributed by atoms with van der Waals surface area (Å²) in [5, 5.41) is 20.0. The standard InChI is InChI=1S/C27H20N6OS/c1-17-8-7-12-22(18(17)2)32-25(34)20-9-3-4-11-24(20)33-26(32)29-30-27(33)35-16-19-15-31-13-6-5-10-23(31)21(19)14-28/h3-13,15H,16H2,1-2H3. The smallest absolute Gasteiger partial charge is 0.267 e. The summed E-state index contributed by atoms with van der Waals surface area (Å²) in [5.74, 6) is 1.01. The Morgan fingerprint density at radius 2 is 1.77 bits per heavy atom. The first kappa shape index (κ1) is 21.2. The van der Waals surface area contributed by atoms with Crippen LogP contribution in [0.25, 0.3) is 27.9 Å². The Hall–Kier alpha value is -4.35. The van der Waals surface area contributed by atoms with Gasteiger partial charge in [-0.3, -0.25) is 9.20 Å². The molecule has 6 aromatic rings. The summed E-state index contributed by atoms with van der Waals surface area (Å²) in [6.45, 7) is 4.04. The Bertz CT molecular complexity index is 1870. The number of aryl methyl sites for hydroxylation is 1. The number of para-hydroxylation sites is 1. The van der Waals surface area contributed by atoms with Crippen molar-refractivity contribution in [1.82, 2.24) is 23.6 Å². The van der Waals surface area contributed by atoms with Gasteiger partial charge in [0.2, 0.25) is 5.78 Å². The molecular weight excluding hydrogens is 456 g/mol. The summed E-state index contributed by atoms with van der Waals surface area (Å²) >= 11 is 1.50. The molecule has 0 spiro atoms. The SMILES string of the molecule is Cc1cccc(-n2c(=O)c3ccccc3n3c(SCc4cn5ccccc5c4C#N)nnc23)c1C. The van der Waals surface area contributed by atoms with E-state index in [0.29, 0.717) is 27.6 Å². The summed E-state index contributed by atoms with van der Waals surface area (Å²) in [5.41, 5.74) is 5.99. The highest BCUT2D eigenvalue weighted by molar-refractivity contribution is 7.98. The van der Waals surface area contributed by atoms with Crippen molar-refractivity contribution in [2.45, 2.75) is 24.8 Å². The molecule has 0 aliphatic carbocycles. The number of rotatable bonds is 4. The number of nitrogens with zero attached hydrogens (tertiary/aromatic N) is 6.